The van der Waals surface area contributed by atoms with Gasteiger partial charge in [-0.2, -0.15) is 5.10 Å². The average Bonchev–Trinajstić information content (AvgIpc) is 3.27. The molecule has 0 aliphatic carbocycles. The quantitative estimate of drug-likeness (QED) is 0.635. The molecule has 2 amide bonds. The van der Waals surface area contributed by atoms with Gasteiger partial charge in [0, 0.05) is 48.6 Å². The number of urea groups is 1. The molecule has 2 heterocycles. The van der Waals surface area contributed by atoms with Crippen LogP contribution in [0.4, 0.5) is 10.5 Å². The lowest BCUT2D eigenvalue weighted by atomic mass is 10.1. The van der Waals surface area contributed by atoms with Gasteiger partial charge in [-0.15, -0.1) is 0 Å². The normalized spacial score (nSPS) is 13.8. The third-order valence-corrected chi connectivity index (χ3v) is 5.22. The van der Waals surface area contributed by atoms with Crippen LogP contribution in [0.2, 0.25) is 5.02 Å². The second kappa shape index (κ2) is 9.65. The van der Waals surface area contributed by atoms with Gasteiger partial charge >= 0.3 is 6.03 Å². The maximum atomic E-state index is 12.3. The molecule has 1 aliphatic rings. The fraction of sp³-hybridized carbons (Fsp3) is 0.273. The third-order valence-electron chi connectivity index (χ3n) is 4.96. The van der Waals surface area contributed by atoms with Crippen LogP contribution < -0.4 is 15.5 Å². The van der Waals surface area contributed by atoms with E-state index in [0.717, 1.165) is 48.8 Å². The number of amides is 2. The number of halogens is 1. The van der Waals surface area contributed by atoms with E-state index in [1.54, 1.807) is 10.9 Å². The summed E-state index contributed by atoms with van der Waals surface area (Å²) in [6, 6.07) is 15.3. The highest BCUT2D eigenvalue weighted by Crippen LogP contribution is 2.21. The Kier molecular flexibility index (Phi) is 6.51. The topological polar surface area (TPSA) is 71.4 Å². The number of ether oxygens (including phenoxy) is 1. The number of carbonyl (C=O) groups is 1. The van der Waals surface area contributed by atoms with E-state index in [4.69, 9.17) is 16.3 Å². The minimum absolute atomic E-state index is 0.217. The number of morpholine rings is 1. The lowest BCUT2D eigenvalue weighted by Gasteiger charge is -2.30. The van der Waals surface area contributed by atoms with E-state index in [2.05, 4.69) is 26.7 Å². The number of para-hydroxylation sites is 1. The van der Waals surface area contributed by atoms with Gasteiger partial charge in [0.05, 0.1) is 25.1 Å². The highest BCUT2D eigenvalue weighted by Gasteiger charge is 2.14. The molecular formula is C22H24ClN5O2. The molecule has 3 aromatic rings. The van der Waals surface area contributed by atoms with Crippen molar-refractivity contribution in [1.29, 1.82) is 0 Å². The summed E-state index contributed by atoms with van der Waals surface area (Å²) in [4.78, 5) is 14.6. The summed E-state index contributed by atoms with van der Waals surface area (Å²) in [7, 11) is 0. The summed E-state index contributed by atoms with van der Waals surface area (Å²) in [5.74, 6) is 0. The zero-order valence-electron chi connectivity index (χ0n) is 16.6. The molecule has 0 unspecified atom stereocenters. The first-order valence-electron chi connectivity index (χ1n) is 9.91. The maximum absolute atomic E-state index is 12.3. The number of nitrogens with one attached hydrogen (secondary N) is 2. The summed E-state index contributed by atoms with van der Waals surface area (Å²) in [5, 5.41) is 10.8. The number of carbonyl (C=O) groups excluding carboxylic acids is 1. The Hall–Kier alpha value is -3.03. The summed E-state index contributed by atoms with van der Waals surface area (Å²) >= 11 is 5.92. The molecule has 2 N–H and O–H groups in total. The van der Waals surface area contributed by atoms with E-state index in [-0.39, 0.29) is 6.03 Å². The molecule has 30 heavy (non-hydrogen) atoms. The molecular weight excluding hydrogens is 402 g/mol. The van der Waals surface area contributed by atoms with Crippen LogP contribution >= 0.6 is 11.6 Å². The largest absolute Gasteiger partial charge is 0.378 e. The molecule has 1 aliphatic heterocycles. The fourth-order valence-electron chi connectivity index (χ4n) is 3.38. The van der Waals surface area contributed by atoms with Crippen molar-refractivity contribution < 1.29 is 9.53 Å². The van der Waals surface area contributed by atoms with Crippen molar-refractivity contribution in [2.45, 2.75) is 13.1 Å². The number of aromatic nitrogens is 2. The zero-order chi connectivity index (χ0) is 20.8. The minimum Gasteiger partial charge on any atom is -0.378 e. The standard InChI is InChI=1S/C22H24ClN5O2/c23-19-5-7-20(8-6-19)28-16-17(14-26-28)13-24-22(29)25-15-18-3-1-2-4-21(18)27-9-11-30-12-10-27/h1-8,14,16H,9-13,15H2,(H2,24,25,29). The molecule has 1 saturated heterocycles. The smallest absolute Gasteiger partial charge is 0.315 e. The van der Waals surface area contributed by atoms with Crippen molar-refractivity contribution in [3.05, 3.63) is 77.1 Å². The summed E-state index contributed by atoms with van der Waals surface area (Å²) in [6.45, 7) is 4.04. The zero-order valence-corrected chi connectivity index (χ0v) is 17.3. The first kappa shape index (κ1) is 20.3. The Bertz CT molecular complexity index is 983. The van der Waals surface area contributed by atoms with Crippen molar-refractivity contribution in [2.24, 2.45) is 0 Å². The number of hydrogen-bond donors (Lipinski definition) is 2. The molecule has 7 nitrogen and oxygen atoms in total. The highest BCUT2D eigenvalue weighted by atomic mass is 35.5. The Balaban J connectivity index is 1.29. The van der Waals surface area contributed by atoms with E-state index < -0.39 is 0 Å². The van der Waals surface area contributed by atoms with Gasteiger partial charge in [0.15, 0.2) is 0 Å². The number of nitrogens with zero attached hydrogens (tertiary/aromatic N) is 3. The Morgan fingerprint density at radius 3 is 2.57 bits per heavy atom. The summed E-state index contributed by atoms with van der Waals surface area (Å²) in [5.41, 5.74) is 4.05. The molecule has 1 fully saturated rings. The monoisotopic (exact) mass is 425 g/mol. The fourth-order valence-corrected chi connectivity index (χ4v) is 3.51. The molecule has 0 radical (unpaired) electrons. The molecule has 0 bridgehead atoms. The van der Waals surface area contributed by atoms with Crippen LogP contribution in [-0.4, -0.2) is 42.1 Å². The number of rotatable bonds is 6. The van der Waals surface area contributed by atoms with Gasteiger partial charge in [-0.3, -0.25) is 0 Å². The Labute approximate surface area is 180 Å². The van der Waals surface area contributed by atoms with Gasteiger partial charge in [-0.25, -0.2) is 9.48 Å². The van der Waals surface area contributed by atoms with Crippen molar-refractivity contribution in [3.8, 4) is 5.69 Å². The molecule has 2 aromatic carbocycles. The molecule has 4 rings (SSSR count). The summed E-state index contributed by atoms with van der Waals surface area (Å²) in [6.07, 6.45) is 3.62. The average molecular weight is 426 g/mol. The van der Waals surface area contributed by atoms with E-state index >= 15 is 0 Å². The van der Waals surface area contributed by atoms with Crippen molar-refractivity contribution in [2.75, 3.05) is 31.2 Å². The Morgan fingerprint density at radius 2 is 1.77 bits per heavy atom. The first-order chi connectivity index (χ1) is 14.7. The van der Waals surface area contributed by atoms with Crippen molar-refractivity contribution in [3.63, 3.8) is 0 Å². The first-order valence-corrected chi connectivity index (χ1v) is 10.3. The van der Waals surface area contributed by atoms with Gasteiger partial charge in [0.2, 0.25) is 0 Å². The Morgan fingerprint density at radius 1 is 1.03 bits per heavy atom. The van der Waals surface area contributed by atoms with Crippen LogP contribution in [0.1, 0.15) is 11.1 Å². The second-order valence-corrected chi connectivity index (χ2v) is 7.47. The predicted molar refractivity (Wildman–Crippen MR) is 117 cm³/mol. The lowest BCUT2D eigenvalue weighted by Crippen LogP contribution is -2.38. The van der Waals surface area contributed by atoms with E-state index in [1.165, 1.54) is 0 Å². The lowest BCUT2D eigenvalue weighted by molar-refractivity contribution is 0.122. The summed E-state index contributed by atoms with van der Waals surface area (Å²) < 4.78 is 7.19. The molecule has 1 aromatic heterocycles. The van der Waals surface area contributed by atoms with Crippen LogP contribution in [0.3, 0.4) is 0 Å². The maximum Gasteiger partial charge on any atom is 0.315 e. The minimum atomic E-state index is -0.217. The van der Waals surface area contributed by atoms with Gasteiger partial charge < -0.3 is 20.3 Å². The van der Waals surface area contributed by atoms with Crippen LogP contribution in [0.25, 0.3) is 5.69 Å². The second-order valence-electron chi connectivity index (χ2n) is 7.03. The van der Waals surface area contributed by atoms with Gasteiger partial charge in [-0.1, -0.05) is 29.8 Å². The molecule has 0 spiro atoms. The third kappa shape index (κ3) is 5.11. The van der Waals surface area contributed by atoms with Crippen molar-refractivity contribution in [1.82, 2.24) is 20.4 Å². The molecule has 8 heteroatoms. The van der Waals surface area contributed by atoms with Gasteiger partial charge in [-0.05, 0) is 35.9 Å². The molecule has 0 saturated carbocycles. The van der Waals surface area contributed by atoms with Crippen LogP contribution in [-0.2, 0) is 17.8 Å². The predicted octanol–water partition coefficient (Wildman–Crippen LogP) is 3.36. The van der Waals surface area contributed by atoms with Crippen LogP contribution in [0.5, 0.6) is 0 Å². The molecule has 156 valence electrons. The molecule has 0 atom stereocenters. The SMILES string of the molecule is O=C(NCc1cnn(-c2ccc(Cl)cc2)c1)NCc1ccccc1N1CCOCC1. The van der Waals surface area contributed by atoms with Crippen LogP contribution in [0.15, 0.2) is 60.9 Å². The van der Waals surface area contributed by atoms with Crippen LogP contribution in [0, 0.1) is 0 Å². The number of anilines is 1. The van der Waals surface area contributed by atoms with E-state index in [9.17, 15) is 4.79 Å². The number of benzene rings is 2. The van der Waals surface area contributed by atoms with E-state index in [1.807, 2.05) is 48.7 Å². The highest BCUT2D eigenvalue weighted by molar-refractivity contribution is 6.30. The van der Waals surface area contributed by atoms with Gasteiger partial charge in [0.25, 0.3) is 0 Å². The number of hydrogen-bond acceptors (Lipinski definition) is 4. The van der Waals surface area contributed by atoms with E-state index in [0.29, 0.717) is 18.1 Å². The van der Waals surface area contributed by atoms with Crippen molar-refractivity contribution >= 4 is 23.3 Å². The van der Waals surface area contributed by atoms with Gasteiger partial charge in [0.1, 0.15) is 0 Å².